The van der Waals surface area contributed by atoms with Crippen molar-refractivity contribution in [1.29, 1.82) is 0 Å². The van der Waals surface area contributed by atoms with E-state index in [4.69, 9.17) is 9.47 Å². The summed E-state index contributed by atoms with van der Waals surface area (Å²) in [4.78, 5) is 22.2. The number of nitrogens with one attached hydrogen (secondary N) is 1. The Morgan fingerprint density at radius 1 is 1.38 bits per heavy atom. The number of hydrogen-bond acceptors (Lipinski definition) is 7. The van der Waals surface area contributed by atoms with Gasteiger partial charge in [-0.3, -0.25) is 4.79 Å². The number of allylic oxidation sites excluding steroid dienone is 3. The van der Waals surface area contributed by atoms with Crippen molar-refractivity contribution in [2.45, 2.75) is 53.0 Å². The van der Waals surface area contributed by atoms with Crippen molar-refractivity contribution in [3.8, 4) is 6.01 Å². The van der Waals surface area contributed by atoms with Crippen LogP contribution in [0.2, 0.25) is 0 Å². The predicted molar refractivity (Wildman–Crippen MR) is 125 cm³/mol. The minimum atomic E-state index is -0.902. The number of anilines is 1. The molecule has 0 amide bonds. The Hall–Kier alpha value is -2.87. The molecule has 1 fully saturated rings. The van der Waals surface area contributed by atoms with Crippen LogP contribution in [0.1, 0.15) is 47.0 Å². The molecule has 0 radical (unpaired) electrons. The second-order valence-corrected chi connectivity index (χ2v) is 8.20. The summed E-state index contributed by atoms with van der Waals surface area (Å²) in [6.45, 7) is 15.0. The maximum Gasteiger partial charge on any atom is 0.316 e. The second-order valence-electron chi connectivity index (χ2n) is 8.20. The first-order valence-corrected chi connectivity index (χ1v) is 11.2. The van der Waals surface area contributed by atoms with E-state index in [0.29, 0.717) is 35.8 Å². The van der Waals surface area contributed by atoms with Crippen molar-refractivity contribution in [3.63, 3.8) is 0 Å². The number of hydrogen-bond donors (Lipinski definition) is 2. The molecule has 0 saturated carbocycles. The van der Waals surface area contributed by atoms with Gasteiger partial charge in [0.2, 0.25) is 0 Å². The van der Waals surface area contributed by atoms with Gasteiger partial charge < -0.3 is 24.8 Å². The Bertz CT molecular complexity index is 812. The molecule has 2 N–H and O–H groups in total. The quantitative estimate of drug-likeness (QED) is 0.462. The number of carboxylic acid groups (broad SMARTS) is 1. The Kier molecular flexibility index (Phi) is 10.2. The Labute approximate surface area is 191 Å². The van der Waals surface area contributed by atoms with Gasteiger partial charge in [0, 0.05) is 31.5 Å². The molecule has 2 heterocycles. The Morgan fingerprint density at radius 2 is 2.03 bits per heavy atom. The maximum atomic E-state index is 11.3. The zero-order valence-corrected chi connectivity index (χ0v) is 19.6. The second kappa shape index (κ2) is 12.9. The van der Waals surface area contributed by atoms with Gasteiger partial charge in [0.15, 0.2) is 0 Å². The highest BCUT2D eigenvalue weighted by molar-refractivity contribution is 5.71. The molecule has 1 saturated heterocycles. The predicted octanol–water partition coefficient (Wildman–Crippen LogP) is 4.24. The zero-order chi connectivity index (χ0) is 23.5. The summed E-state index contributed by atoms with van der Waals surface area (Å²) in [5, 5.41) is 12.7. The van der Waals surface area contributed by atoms with Crippen molar-refractivity contribution in [1.82, 2.24) is 14.9 Å². The smallest absolute Gasteiger partial charge is 0.316 e. The van der Waals surface area contributed by atoms with Crippen LogP contribution >= 0.6 is 0 Å². The molecule has 8 nitrogen and oxygen atoms in total. The first-order chi connectivity index (χ1) is 15.3. The van der Waals surface area contributed by atoms with Crippen LogP contribution in [0.4, 0.5) is 5.69 Å². The van der Waals surface area contributed by atoms with Crippen LogP contribution < -0.4 is 10.1 Å². The summed E-state index contributed by atoms with van der Waals surface area (Å²) in [7, 11) is 0. The summed E-state index contributed by atoms with van der Waals surface area (Å²) in [5.41, 5.74) is 3.13. The van der Waals surface area contributed by atoms with Gasteiger partial charge in [-0.2, -0.15) is 0 Å². The number of ether oxygens (including phenoxy) is 2. The summed E-state index contributed by atoms with van der Waals surface area (Å²) >= 11 is 0. The zero-order valence-electron chi connectivity index (χ0n) is 19.6. The van der Waals surface area contributed by atoms with Crippen molar-refractivity contribution < 1.29 is 19.4 Å². The highest BCUT2D eigenvalue weighted by atomic mass is 16.5. The third-order valence-electron chi connectivity index (χ3n) is 5.14. The minimum Gasteiger partial charge on any atom is -0.481 e. The molecular formula is C24H36N4O4. The monoisotopic (exact) mass is 444 g/mol. The van der Waals surface area contributed by atoms with Crippen LogP contribution in [0.15, 0.2) is 48.1 Å². The van der Waals surface area contributed by atoms with E-state index in [1.54, 1.807) is 18.5 Å². The third-order valence-corrected chi connectivity index (χ3v) is 5.14. The topological polar surface area (TPSA) is 96.8 Å². The summed E-state index contributed by atoms with van der Waals surface area (Å²) in [5.74, 6) is -0.439. The van der Waals surface area contributed by atoms with Crippen LogP contribution in [0, 0.1) is 5.92 Å². The average Bonchev–Trinajstić information content (AvgIpc) is 2.77. The van der Waals surface area contributed by atoms with E-state index in [1.807, 2.05) is 13.0 Å². The first kappa shape index (κ1) is 25.4. The Balaban J connectivity index is 2.46. The molecule has 0 aromatic carbocycles. The van der Waals surface area contributed by atoms with Crippen LogP contribution in [-0.2, 0) is 9.53 Å². The molecule has 1 aliphatic rings. The van der Waals surface area contributed by atoms with Crippen molar-refractivity contribution >= 4 is 11.7 Å². The molecule has 1 aliphatic heterocycles. The molecule has 0 aliphatic carbocycles. The standard InChI is InChI=1S/C24H36N4O4/c1-6-19(13-23(29)30)12-22(27-20-14-25-24(26-15-20)32-7-2)18(5)28(16-17(3)4)21-8-10-31-11-9-21/h6,12,14-15,17,21,27H,1,7-11,13,16H2,2-5H3,(H,29,30)/b19-12+,22-18-. The number of rotatable bonds is 12. The van der Waals surface area contributed by atoms with E-state index < -0.39 is 5.97 Å². The van der Waals surface area contributed by atoms with Gasteiger partial charge >= 0.3 is 12.0 Å². The van der Waals surface area contributed by atoms with Gasteiger partial charge in [0.05, 0.1) is 36.8 Å². The highest BCUT2D eigenvalue weighted by Gasteiger charge is 2.24. The van der Waals surface area contributed by atoms with E-state index in [9.17, 15) is 9.90 Å². The fraction of sp³-hybridized carbons (Fsp3) is 0.542. The molecule has 1 aromatic rings. The van der Waals surface area contributed by atoms with Crippen molar-refractivity contribution in [3.05, 3.63) is 48.1 Å². The fourth-order valence-corrected chi connectivity index (χ4v) is 3.62. The molecular weight excluding hydrogens is 408 g/mol. The molecule has 176 valence electrons. The maximum absolute atomic E-state index is 11.3. The largest absolute Gasteiger partial charge is 0.481 e. The molecule has 0 atom stereocenters. The number of carboxylic acids is 1. The lowest BCUT2D eigenvalue weighted by atomic mass is 10.0. The van der Waals surface area contributed by atoms with Crippen LogP contribution in [0.5, 0.6) is 6.01 Å². The molecule has 0 bridgehead atoms. The number of nitrogens with zero attached hydrogens (tertiary/aromatic N) is 3. The van der Waals surface area contributed by atoms with E-state index in [0.717, 1.165) is 44.0 Å². The Morgan fingerprint density at radius 3 is 2.56 bits per heavy atom. The number of aliphatic carboxylic acids is 1. The van der Waals surface area contributed by atoms with Gasteiger partial charge in [-0.15, -0.1) is 0 Å². The van der Waals surface area contributed by atoms with Gasteiger partial charge in [0.1, 0.15) is 0 Å². The first-order valence-electron chi connectivity index (χ1n) is 11.2. The fourth-order valence-electron chi connectivity index (χ4n) is 3.62. The number of aromatic nitrogens is 2. The minimum absolute atomic E-state index is 0.108. The van der Waals surface area contributed by atoms with Gasteiger partial charge in [-0.25, -0.2) is 9.97 Å². The normalized spacial score (nSPS) is 15.8. The van der Waals surface area contributed by atoms with Crippen LogP contribution in [-0.4, -0.2) is 58.4 Å². The van der Waals surface area contributed by atoms with Gasteiger partial charge in [-0.05, 0) is 44.3 Å². The van der Waals surface area contributed by atoms with Crippen LogP contribution in [0.25, 0.3) is 0 Å². The van der Waals surface area contributed by atoms with Crippen molar-refractivity contribution in [2.24, 2.45) is 5.92 Å². The van der Waals surface area contributed by atoms with Crippen LogP contribution in [0.3, 0.4) is 0 Å². The average molecular weight is 445 g/mol. The SMILES string of the molecule is C=C/C(=C\C(Nc1cnc(OCC)nc1)=C(/C)N(CC(C)C)C1CCOCC1)CC(=O)O. The van der Waals surface area contributed by atoms with Gasteiger partial charge in [0.25, 0.3) is 0 Å². The lowest BCUT2D eigenvalue weighted by Crippen LogP contribution is -2.41. The third kappa shape index (κ3) is 8.00. The summed E-state index contributed by atoms with van der Waals surface area (Å²) in [6.07, 6.45) is 8.55. The molecule has 2 rings (SSSR count). The molecule has 0 unspecified atom stereocenters. The highest BCUT2D eigenvalue weighted by Crippen LogP contribution is 2.25. The molecule has 0 spiro atoms. The lowest BCUT2D eigenvalue weighted by molar-refractivity contribution is -0.136. The summed E-state index contributed by atoms with van der Waals surface area (Å²) in [6, 6.07) is 0.678. The van der Waals surface area contributed by atoms with E-state index >= 15 is 0 Å². The molecule has 1 aromatic heterocycles. The van der Waals surface area contributed by atoms with E-state index in [-0.39, 0.29) is 6.42 Å². The van der Waals surface area contributed by atoms with E-state index in [2.05, 4.69) is 47.5 Å². The van der Waals surface area contributed by atoms with E-state index in [1.165, 1.54) is 0 Å². The number of carbonyl (C=O) groups is 1. The van der Waals surface area contributed by atoms with Crippen molar-refractivity contribution in [2.75, 3.05) is 31.7 Å². The van der Waals surface area contributed by atoms with Gasteiger partial charge in [-0.1, -0.05) is 26.5 Å². The molecule has 8 heteroatoms. The lowest BCUT2D eigenvalue weighted by Gasteiger charge is -2.38. The summed E-state index contributed by atoms with van der Waals surface area (Å²) < 4.78 is 10.9. The molecule has 32 heavy (non-hydrogen) atoms.